The molecule has 0 saturated carbocycles. The second-order valence-electron chi connectivity index (χ2n) is 10.3. The maximum Gasteiger partial charge on any atom is 0.343 e. The van der Waals surface area contributed by atoms with Gasteiger partial charge in [0, 0.05) is 13.2 Å². The number of ether oxygens (including phenoxy) is 4. The van der Waals surface area contributed by atoms with Crippen molar-refractivity contribution in [2.45, 2.75) is 64.6 Å². The largest absolute Gasteiger partial charge is 0.494 e. The Hall–Kier alpha value is -3.85. The van der Waals surface area contributed by atoms with E-state index in [1.54, 1.807) is 54.6 Å². The van der Waals surface area contributed by atoms with E-state index in [4.69, 9.17) is 29.2 Å². The fraction of sp³-hybridized carbons (Fsp3) is 0.400. The minimum atomic E-state index is -1.16. The van der Waals surface area contributed by atoms with Gasteiger partial charge in [-0.05, 0) is 117 Å². The first-order valence-corrected chi connectivity index (χ1v) is 15.0. The number of unbranched alkanes of at least 4 members (excludes halogenated alkanes) is 6. The summed E-state index contributed by atoms with van der Waals surface area (Å²) in [5.41, 5.74) is 2.01. The molecule has 3 aromatic rings. The third kappa shape index (κ3) is 12.9. The number of aliphatic hydroxyl groups excluding tert-OH is 3. The molecule has 0 aliphatic heterocycles. The molecule has 8 nitrogen and oxygen atoms in total. The molecule has 0 fully saturated rings. The number of carbonyl (C=O) groups is 1. The molecule has 0 heterocycles. The summed E-state index contributed by atoms with van der Waals surface area (Å²) in [7, 11) is 0. The Kier molecular flexibility index (Phi) is 15.2. The van der Waals surface area contributed by atoms with Gasteiger partial charge < -0.3 is 34.3 Å². The molecule has 1 atom stereocenters. The molecule has 8 heteroatoms. The van der Waals surface area contributed by atoms with E-state index in [2.05, 4.69) is 0 Å². The smallest absolute Gasteiger partial charge is 0.343 e. The Bertz CT molecular complexity index is 1240. The standard InChI is InChI=1S/C35H44O8/c1-27-26-32(42-35(39)29-13-17-31(18-14-29)41-25-9-5-3-7-23-37)19-20-33(27)43-34(38)21-12-28-10-15-30(16-11-28)40-24-8-4-2-6-22-36/h10-21,26,34,36-38H,2-9,22-25H2,1H3/b21-12+. The highest BCUT2D eigenvalue weighted by Crippen LogP contribution is 2.25. The van der Waals surface area contributed by atoms with E-state index in [0.717, 1.165) is 62.7 Å². The number of benzene rings is 3. The molecular weight excluding hydrogens is 548 g/mol. The molecular formula is C35H44O8. The van der Waals surface area contributed by atoms with Crippen molar-refractivity contribution in [2.75, 3.05) is 26.4 Å². The van der Waals surface area contributed by atoms with E-state index >= 15 is 0 Å². The van der Waals surface area contributed by atoms with Gasteiger partial charge in [0.2, 0.25) is 6.29 Å². The van der Waals surface area contributed by atoms with Gasteiger partial charge in [0.15, 0.2) is 0 Å². The quantitative estimate of drug-likeness (QED) is 0.0591. The molecule has 3 aromatic carbocycles. The van der Waals surface area contributed by atoms with Crippen molar-refractivity contribution in [3.05, 3.63) is 89.5 Å². The predicted octanol–water partition coefficient (Wildman–Crippen LogP) is 6.49. The predicted molar refractivity (Wildman–Crippen MR) is 167 cm³/mol. The topological polar surface area (TPSA) is 115 Å². The van der Waals surface area contributed by atoms with Crippen LogP contribution >= 0.6 is 0 Å². The van der Waals surface area contributed by atoms with Crippen LogP contribution in [-0.2, 0) is 0 Å². The summed E-state index contributed by atoms with van der Waals surface area (Å²) < 4.78 is 22.6. The SMILES string of the molecule is Cc1cc(OC(=O)c2ccc(OCCCCCCO)cc2)ccc1OC(O)/C=C/c1ccc(OCCCCCCO)cc1. The minimum absolute atomic E-state index is 0.221. The zero-order valence-corrected chi connectivity index (χ0v) is 25.0. The van der Waals surface area contributed by atoms with E-state index in [1.165, 1.54) is 0 Å². The first kappa shape index (κ1) is 33.6. The third-order valence-corrected chi connectivity index (χ3v) is 6.67. The average Bonchev–Trinajstić information content (AvgIpc) is 3.02. The van der Waals surface area contributed by atoms with Crippen LogP contribution in [-0.4, -0.2) is 54.0 Å². The van der Waals surface area contributed by atoms with Crippen LogP contribution in [0.3, 0.4) is 0 Å². The van der Waals surface area contributed by atoms with Crippen molar-refractivity contribution in [3.8, 4) is 23.0 Å². The Morgan fingerprint density at radius 1 is 0.721 bits per heavy atom. The summed E-state index contributed by atoms with van der Waals surface area (Å²) in [5.74, 6) is 1.83. The average molecular weight is 593 g/mol. The zero-order chi connectivity index (χ0) is 30.7. The van der Waals surface area contributed by atoms with Gasteiger partial charge in [0.1, 0.15) is 23.0 Å². The monoisotopic (exact) mass is 592 g/mol. The molecule has 3 rings (SSSR count). The molecule has 0 aliphatic carbocycles. The fourth-order valence-corrected chi connectivity index (χ4v) is 4.22. The number of rotatable bonds is 20. The van der Waals surface area contributed by atoms with Gasteiger partial charge in [-0.1, -0.05) is 31.1 Å². The highest BCUT2D eigenvalue weighted by atomic mass is 16.6. The highest BCUT2D eigenvalue weighted by Gasteiger charge is 2.12. The molecule has 43 heavy (non-hydrogen) atoms. The van der Waals surface area contributed by atoms with Crippen LogP contribution in [0.4, 0.5) is 0 Å². The lowest BCUT2D eigenvalue weighted by atomic mass is 10.2. The van der Waals surface area contributed by atoms with Crippen molar-refractivity contribution in [3.63, 3.8) is 0 Å². The van der Waals surface area contributed by atoms with Gasteiger partial charge >= 0.3 is 5.97 Å². The molecule has 3 N–H and O–H groups in total. The number of carbonyl (C=O) groups excluding carboxylic acids is 1. The Labute approximate surface area is 254 Å². The first-order valence-electron chi connectivity index (χ1n) is 15.0. The number of aliphatic hydroxyl groups is 3. The summed E-state index contributed by atoms with van der Waals surface area (Å²) in [6, 6.07) is 19.4. The Morgan fingerprint density at radius 2 is 1.26 bits per heavy atom. The summed E-state index contributed by atoms with van der Waals surface area (Å²) in [6.45, 7) is 3.50. The second-order valence-corrected chi connectivity index (χ2v) is 10.3. The van der Waals surface area contributed by atoms with Gasteiger partial charge in [0.05, 0.1) is 18.8 Å². The van der Waals surface area contributed by atoms with E-state index in [1.807, 2.05) is 31.2 Å². The normalized spacial score (nSPS) is 11.8. The van der Waals surface area contributed by atoms with Crippen molar-refractivity contribution in [1.82, 2.24) is 0 Å². The zero-order valence-electron chi connectivity index (χ0n) is 25.0. The third-order valence-electron chi connectivity index (χ3n) is 6.67. The lowest BCUT2D eigenvalue weighted by Crippen LogP contribution is -2.13. The van der Waals surface area contributed by atoms with Crippen molar-refractivity contribution >= 4 is 12.0 Å². The summed E-state index contributed by atoms with van der Waals surface area (Å²) in [6.07, 6.45) is 9.69. The number of hydrogen-bond donors (Lipinski definition) is 3. The summed E-state index contributed by atoms with van der Waals surface area (Å²) >= 11 is 0. The maximum absolute atomic E-state index is 12.6. The van der Waals surface area contributed by atoms with Crippen molar-refractivity contribution in [1.29, 1.82) is 0 Å². The minimum Gasteiger partial charge on any atom is -0.494 e. The Morgan fingerprint density at radius 3 is 1.81 bits per heavy atom. The summed E-state index contributed by atoms with van der Waals surface area (Å²) in [5, 5.41) is 28.0. The lowest BCUT2D eigenvalue weighted by molar-refractivity contribution is 0.0248. The van der Waals surface area contributed by atoms with Gasteiger partial charge in [-0.2, -0.15) is 0 Å². The van der Waals surface area contributed by atoms with Crippen LogP contribution in [0, 0.1) is 6.92 Å². The number of esters is 1. The van der Waals surface area contributed by atoms with Crippen LogP contribution < -0.4 is 18.9 Å². The second kappa shape index (κ2) is 19.4. The maximum atomic E-state index is 12.6. The van der Waals surface area contributed by atoms with Crippen molar-refractivity contribution in [2.24, 2.45) is 0 Å². The van der Waals surface area contributed by atoms with E-state index in [-0.39, 0.29) is 13.2 Å². The highest BCUT2D eigenvalue weighted by molar-refractivity contribution is 5.91. The molecule has 0 bridgehead atoms. The van der Waals surface area contributed by atoms with Crippen molar-refractivity contribution < 1.29 is 39.1 Å². The van der Waals surface area contributed by atoms with Gasteiger partial charge in [-0.3, -0.25) is 0 Å². The van der Waals surface area contributed by atoms with E-state index in [9.17, 15) is 9.90 Å². The van der Waals surface area contributed by atoms with Crippen LogP contribution in [0.25, 0.3) is 6.08 Å². The molecule has 0 saturated heterocycles. The van der Waals surface area contributed by atoms with E-state index in [0.29, 0.717) is 41.6 Å². The van der Waals surface area contributed by atoms with E-state index < -0.39 is 12.3 Å². The van der Waals surface area contributed by atoms with Crippen LogP contribution in [0.15, 0.2) is 72.8 Å². The van der Waals surface area contributed by atoms with Crippen LogP contribution in [0.5, 0.6) is 23.0 Å². The van der Waals surface area contributed by atoms with Gasteiger partial charge in [0.25, 0.3) is 0 Å². The molecule has 0 spiro atoms. The van der Waals surface area contributed by atoms with Crippen LogP contribution in [0.2, 0.25) is 0 Å². The van der Waals surface area contributed by atoms with Gasteiger partial charge in [-0.25, -0.2) is 4.79 Å². The number of hydrogen-bond acceptors (Lipinski definition) is 8. The Balaban J connectivity index is 1.42. The van der Waals surface area contributed by atoms with Gasteiger partial charge in [-0.15, -0.1) is 0 Å². The summed E-state index contributed by atoms with van der Waals surface area (Å²) in [4.78, 5) is 12.6. The molecule has 0 amide bonds. The first-order chi connectivity index (χ1) is 21.0. The lowest BCUT2D eigenvalue weighted by Gasteiger charge is -2.13. The number of aryl methyl sites for hydroxylation is 1. The molecule has 0 aliphatic rings. The fourth-order valence-electron chi connectivity index (χ4n) is 4.22. The van der Waals surface area contributed by atoms with Crippen LogP contribution in [0.1, 0.15) is 72.9 Å². The molecule has 232 valence electrons. The molecule has 0 aromatic heterocycles. The molecule has 1 unspecified atom stereocenters. The molecule has 0 radical (unpaired) electrons.